The lowest BCUT2D eigenvalue weighted by Gasteiger charge is -2.34. The van der Waals surface area contributed by atoms with Crippen LogP contribution in [0.5, 0.6) is 5.75 Å². The summed E-state index contributed by atoms with van der Waals surface area (Å²) in [6.07, 6.45) is 1.18. The van der Waals surface area contributed by atoms with E-state index in [-0.39, 0.29) is 12.5 Å². The van der Waals surface area contributed by atoms with E-state index in [1.54, 1.807) is 0 Å². The van der Waals surface area contributed by atoms with Crippen molar-refractivity contribution < 1.29 is 9.53 Å². The summed E-state index contributed by atoms with van der Waals surface area (Å²) in [6.45, 7) is 10.6. The fraction of sp³-hybridized carbons (Fsp3) is 0.571. The van der Waals surface area contributed by atoms with Gasteiger partial charge in [0.05, 0.1) is 5.75 Å². The van der Waals surface area contributed by atoms with Crippen LogP contribution in [0.3, 0.4) is 0 Å². The Hall–Kier alpha value is -2.22. The second-order valence-electron chi connectivity index (χ2n) is 8.31. The molecule has 2 atom stereocenters. The molecule has 2 heterocycles. The van der Waals surface area contributed by atoms with Crippen LogP contribution in [0.15, 0.2) is 29.4 Å². The minimum absolute atomic E-state index is 0.124. The SMILES string of the molecule is CC(C)c1ccc(OCc2nnc(SCC(=O)N3C[C@H](C)C[C@H](C)C3)n2N)cc1. The summed E-state index contributed by atoms with van der Waals surface area (Å²) in [7, 11) is 0. The van der Waals surface area contributed by atoms with Crippen LogP contribution in [0.25, 0.3) is 0 Å². The van der Waals surface area contributed by atoms with Crippen LogP contribution in [0.2, 0.25) is 0 Å². The first-order valence-corrected chi connectivity index (χ1v) is 11.1. The van der Waals surface area contributed by atoms with Gasteiger partial charge in [0.25, 0.3) is 0 Å². The quantitative estimate of drug-likeness (QED) is 0.549. The first-order chi connectivity index (χ1) is 13.8. The Kier molecular flexibility index (Phi) is 7.05. The van der Waals surface area contributed by atoms with Gasteiger partial charge in [-0.1, -0.05) is 51.6 Å². The van der Waals surface area contributed by atoms with Gasteiger partial charge in [0, 0.05) is 13.1 Å². The fourth-order valence-electron chi connectivity index (χ4n) is 3.69. The number of nitrogens with two attached hydrogens (primary N) is 1. The summed E-state index contributed by atoms with van der Waals surface area (Å²) >= 11 is 1.32. The highest BCUT2D eigenvalue weighted by Gasteiger charge is 2.25. The van der Waals surface area contributed by atoms with E-state index >= 15 is 0 Å². The molecule has 1 aliphatic heterocycles. The molecule has 158 valence electrons. The van der Waals surface area contributed by atoms with E-state index in [2.05, 4.69) is 50.0 Å². The van der Waals surface area contributed by atoms with Gasteiger partial charge in [-0.25, -0.2) is 4.68 Å². The van der Waals surface area contributed by atoms with Crippen molar-refractivity contribution in [3.05, 3.63) is 35.7 Å². The molecule has 0 unspecified atom stereocenters. The largest absolute Gasteiger partial charge is 0.486 e. The van der Waals surface area contributed by atoms with Gasteiger partial charge in [0.2, 0.25) is 11.1 Å². The van der Waals surface area contributed by atoms with Crippen molar-refractivity contribution in [2.24, 2.45) is 11.8 Å². The number of hydrogen-bond donors (Lipinski definition) is 1. The van der Waals surface area contributed by atoms with E-state index in [4.69, 9.17) is 10.6 Å². The monoisotopic (exact) mass is 417 g/mol. The Morgan fingerprint density at radius 1 is 1.21 bits per heavy atom. The highest BCUT2D eigenvalue weighted by atomic mass is 32.2. The van der Waals surface area contributed by atoms with Crippen LogP contribution in [0.1, 0.15) is 51.4 Å². The lowest BCUT2D eigenvalue weighted by atomic mass is 9.92. The third-order valence-electron chi connectivity index (χ3n) is 5.20. The molecule has 1 aromatic heterocycles. The predicted molar refractivity (Wildman–Crippen MR) is 115 cm³/mol. The number of hydrogen-bond acceptors (Lipinski definition) is 6. The van der Waals surface area contributed by atoms with Gasteiger partial charge >= 0.3 is 0 Å². The molecule has 1 fully saturated rings. The average molecular weight is 418 g/mol. The molecule has 3 rings (SSSR count). The van der Waals surface area contributed by atoms with Gasteiger partial charge < -0.3 is 15.5 Å². The second-order valence-corrected chi connectivity index (χ2v) is 9.26. The Labute approximate surface area is 177 Å². The van der Waals surface area contributed by atoms with Crippen LogP contribution in [0.4, 0.5) is 0 Å². The Bertz CT molecular complexity index is 811. The van der Waals surface area contributed by atoms with E-state index in [1.807, 2.05) is 17.0 Å². The summed E-state index contributed by atoms with van der Waals surface area (Å²) < 4.78 is 7.18. The van der Waals surface area contributed by atoms with Crippen LogP contribution in [-0.2, 0) is 11.4 Å². The van der Waals surface area contributed by atoms with Crippen molar-refractivity contribution in [3.8, 4) is 5.75 Å². The summed E-state index contributed by atoms with van der Waals surface area (Å²) in [4.78, 5) is 14.5. The van der Waals surface area contributed by atoms with Gasteiger partial charge in [-0.15, -0.1) is 10.2 Å². The lowest BCUT2D eigenvalue weighted by Crippen LogP contribution is -2.43. The summed E-state index contributed by atoms with van der Waals surface area (Å²) in [6, 6.07) is 8.01. The molecule has 0 aliphatic carbocycles. The molecular weight excluding hydrogens is 386 g/mol. The number of nitrogen functional groups attached to an aromatic ring is 1. The minimum atomic E-state index is 0.124. The molecule has 7 nitrogen and oxygen atoms in total. The van der Waals surface area contributed by atoms with Crippen molar-refractivity contribution >= 4 is 17.7 Å². The standard InChI is InChI=1S/C21H31N5O2S/c1-14(2)17-5-7-18(8-6-17)28-12-19-23-24-21(26(19)22)29-13-20(27)25-10-15(3)9-16(4)11-25/h5-8,14-16H,9-13,22H2,1-4H3/t15-,16+. The van der Waals surface area contributed by atoms with Crippen LogP contribution < -0.4 is 10.6 Å². The molecule has 1 aliphatic rings. The first kappa shape index (κ1) is 21.5. The summed E-state index contributed by atoms with van der Waals surface area (Å²) in [5.41, 5.74) is 1.26. The highest BCUT2D eigenvalue weighted by Crippen LogP contribution is 2.23. The van der Waals surface area contributed by atoms with Crippen molar-refractivity contribution in [2.45, 2.75) is 51.8 Å². The maximum Gasteiger partial charge on any atom is 0.233 e. The number of piperidine rings is 1. The molecule has 1 amide bonds. The molecule has 2 aromatic rings. The molecule has 1 aromatic carbocycles. The zero-order valence-electron chi connectivity index (χ0n) is 17.7. The van der Waals surface area contributed by atoms with Gasteiger partial charge in [-0.2, -0.15) is 0 Å². The van der Waals surface area contributed by atoms with Gasteiger partial charge in [0.1, 0.15) is 12.4 Å². The number of carbonyl (C=O) groups is 1. The smallest absolute Gasteiger partial charge is 0.233 e. The zero-order chi connectivity index (χ0) is 21.0. The molecule has 0 radical (unpaired) electrons. The third-order valence-corrected chi connectivity index (χ3v) is 6.12. The molecule has 0 saturated carbocycles. The molecule has 29 heavy (non-hydrogen) atoms. The number of likely N-dealkylation sites (tertiary alicyclic amines) is 1. The maximum absolute atomic E-state index is 12.5. The third kappa shape index (κ3) is 5.65. The maximum atomic E-state index is 12.5. The topological polar surface area (TPSA) is 86.3 Å². The second kappa shape index (κ2) is 9.52. The zero-order valence-corrected chi connectivity index (χ0v) is 18.5. The Morgan fingerprint density at radius 3 is 2.48 bits per heavy atom. The number of amides is 1. The number of benzene rings is 1. The van der Waals surface area contributed by atoms with Crippen molar-refractivity contribution in [3.63, 3.8) is 0 Å². The predicted octanol–water partition coefficient (Wildman–Crippen LogP) is 3.29. The molecule has 0 spiro atoms. The summed E-state index contributed by atoms with van der Waals surface area (Å²) in [5, 5.41) is 8.74. The molecular formula is C21H31N5O2S. The number of nitrogens with zero attached hydrogens (tertiary/aromatic N) is 4. The van der Waals surface area contributed by atoms with Crippen LogP contribution in [0, 0.1) is 11.8 Å². The molecule has 8 heteroatoms. The van der Waals surface area contributed by atoms with E-state index in [9.17, 15) is 4.79 Å². The van der Waals surface area contributed by atoms with Crippen LogP contribution >= 0.6 is 11.8 Å². The molecule has 0 bridgehead atoms. The molecule has 2 N–H and O–H groups in total. The normalized spacial score (nSPS) is 19.6. The lowest BCUT2D eigenvalue weighted by molar-refractivity contribution is -0.130. The van der Waals surface area contributed by atoms with Gasteiger partial charge in [-0.05, 0) is 41.9 Å². The fourth-order valence-corrected chi connectivity index (χ4v) is 4.46. The van der Waals surface area contributed by atoms with Gasteiger partial charge in [-0.3, -0.25) is 4.79 Å². The number of carbonyl (C=O) groups excluding carboxylic acids is 1. The minimum Gasteiger partial charge on any atom is -0.486 e. The number of thioether (sulfide) groups is 1. The van der Waals surface area contributed by atoms with Crippen molar-refractivity contribution in [1.29, 1.82) is 0 Å². The van der Waals surface area contributed by atoms with Gasteiger partial charge in [0.15, 0.2) is 5.82 Å². The average Bonchev–Trinajstić information content (AvgIpc) is 3.03. The highest BCUT2D eigenvalue weighted by molar-refractivity contribution is 7.99. The Morgan fingerprint density at radius 2 is 1.86 bits per heavy atom. The van der Waals surface area contributed by atoms with Crippen molar-refractivity contribution in [2.75, 3.05) is 24.7 Å². The molecule has 1 saturated heterocycles. The van der Waals surface area contributed by atoms with E-state index in [0.29, 0.717) is 34.5 Å². The number of ether oxygens (including phenoxy) is 1. The van der Waals surface area contributed by atoms with Crippen molar-refractivity contribution in [1.82, 2.24) is 19.8 Å². The van der Waals surface area contributed by atoms with E-state index in [0.717, 1.165) is 18.8 Å². The number of rotatable bonds is 7. The van der Waals surface area contributed by atoms with E-state index < -0.39 is 0 Å². The first-order valence-electron chi connectivity index (χ1n) is 10.2. The Balaban J connectivity index is 1.52. The van der Waals surface area contributed by atoms with E-state index in [1.165, 1.54) is 28.4 Å². The number of aromatic nitrogens is 3. The van der Waals surface area contributed by atoms with Crippen LogP contribution in [-0.4, -0.2) is 44.5 Å². The summed E-state index contributed by atoms with van der Waals surface area (Å²) in [5.74, 6) is 9.40.